The minimum atomic E-state index is -0.699. The van der Waals surface area contributed by atoms with E-state index >= 15 is 0 Å². The first kappa shape index (κ1) is 13.4. The smallest absolute Gasteiger partial charge is 0.165 e. The van der Waals surface area contributed by atoms with Gasteiger partial charge in [-0.25, -0.2) is 15.0 Å². The SMILES string of the molecule is C=CC(CO)(CO)CCn1cnc2c(N)ncnc21. The molecule has 4 N–H and O–H groups in total. The Morgan fingerprint density at radius 3 is 2.68 bits per heavy atom. The van der Waals surface area contributed by atoms with E-state index in [0.717, 1.165) is 0 Å². The van der Waals surface area contributed by atoms with Crippen LogP contribution in [0.4, 0.5) is 5.82 Å². The van der Waals surface area contributed by atoms with Gasteiger partial charge in [-0.15, -0.1) is 6.58 Å². The van der Waals surface area contributed by atoms with Crippen LogP contribution in [0.1, 0.15) is 6.42 Å². The van der Waals surface area contributed by atoms with E-state index in [-0.39, 0.29) is 13.2 Å². The molecule has 0 aliphatic heterocycles. The van der Waals surface area contributed by atoms with Gasteiger partial charge in [0.25, 0.3) is 0 Å². The number of nitrogens with zero attached hydrogens (tertiary/aromatic N) is 4. The van der Waals surface area contributed by atoms with Crippen molar-refractivity contribution >= 4 is 17.0 Å². The summed E-state index contributed by atoms with van der Waals surface area (Å²) in [5, 5.41) is 18.7. The van der Waals surface area contributed by atoms with Crippen LogP contribution in [0.2, 0.25) is 0 Å². The van der Waals surface area contributed by atoms with Crippen LogP contribution in [0.25, 0.3) is 11.2 Å². The molecule has 7 nitrogen and oxygen atoms in total. The van der Waals surface area contributed by atoms with E-state index in [2.05, 4.69) is 21.5 Å². The average molecular weight is 263 g/mol. The minimum absolute atomic E-state index is 0.156. The molecule has 0 amide bonds. The number of hydrogen-bond donors (Lipinski definition) is 3. The van der Waals surface area contributed by atoms with Crippen LogP contribution < -0.4 is 5.73 Å². The summed E-state index contributed by atoms with van der Waals surface area (Å²) in [5.41, 5.74) is 6.20. The molecule has 19 heavy (non-hydrogen) atoms. The topological polar surface area (TPSA) is 110 Å². The van der Waals surface area contributed by atoms with Gasteiger partial charge in [-0.3, -0.25) is 0 Å². The molecule has 0 bridgehead atoms. The molecule has 2 rings (SSSR count). The van der Waals surface area contributed by atoms with Gasteiger partial charge in [0.2, 0.25) is 0 Å². The van der Waals surface area contributed by atoms with E-state index in [9.17, 15) is 10.2 Å². The molecule has 0 saturated carbocycles. The summed E-state index contributed by atoms with van der Waals surface area (Å²) in [6.07, 6.45) is 5.11. The van der Waals surface area contributed by atoms with Crippen LogP contribution in [0, 0.1) is 5.41 Å². The Labute approximate surface area is 110 Å². The van der Waals surface area contributed by atoms with Crippen LogP contribution in [0.15, 0.2) is 25.3 Å². The van der Waals surface area contributed by atoms with E-state index in [4.69, 9.17) is 5.73 Å². The first-order valence-electron chi connectivity index (χ1n) is 5.92. The predicted octanol–water partition coefficient (Wildman–Crippen LogP) is -0.0444. The van der Waals surface area contributed by atoms with Crippen LogP contribution in [-0.4, -0.2) is 42.9 Å². The maximum Gasteiger partial charge on any atom is 0.165 e. The number of aliphatic hydroxyl groups is 2. The van der Waals surface area contributed by atoms with E-state index in [1.807, 2.05) is 4.57 Å². The van der Waals surface area contributed by atoms with Crippen molar-refractivity contribution in [2.24, 2.45) is 5.41 Å². The van der Waals surface area contributed by atoms with Gasteiger partial charge in [-0.05, 0) is 6.42 Å². The molecule has 2 heterocycles. The monoisotopic (exact) mass is 263 g/mol. The highest BCUT2D eigenvalue weighted by atomic mass is 16.3. The number of aryl methyl sites for hydroxylation is 1. The molecule has 0 atom stereocenters. The first-order chi connectivity index (χ1) is 9.15. The molecule has 0 spiro atoms. The summed E-state index contributed by atoms with van der Waals surface area (Å²) in [4.78, 5) is 12.2. The van der Waals surface area contributed by atoms with Crippen LogP contribution in [-0.2, 0) is 6.54 Å². The first-order valence-corrected chi connectivity index (χ1v) is 5.92. The zero-order chi connectivity index (χ0) is 13.9. The van der Waals surface area contributed by atoms with Crippen molar-refractivity contribution in [2.75, 3.05) is 18.9 Å². The van der Waals surface area contributed by atoms with Crippen molar-refractivity contribution in [1.82, 2.24) is 19.5 Å². The molecule has 0 aromatic carbocycles. The van der Waals surface area contributed by atoms with Crippen molar-refractivity contribution in [3.05, 3.63) is 25.3 Å². The second-order valence-corrected chi connectivity index (χ2v) is 4.50. The molecule has 0 aliphatic rings. The highest BCUT2D eigenvalue weighted by molar-refractivity contribution is 5.80. The average Bonchev–Trinajstić information content (AvgIpc) is 2.86. The lowest BCUT2D eigenvalue weighted by molar-refractivity contribution is 0.0831. The Kier molecular flexibility index (Phi) is 3.77. The molecule has 102 valence electrons. The lowest BCUT2D eigenvalue weighted by atomic mass is 9.86. The van der Waals surface area contributed by atoms with E-state index < -0.39 is 5.41 Å². The van der Waals surface area contributed by atoms with Crippen molar-refractivity contribution < 1.29 is 10.2 Å². The molecule has 2 aromatic rings. The minimum Gasteiger partial charge on any atom is -0.395 e. The number of fused-ring (bicyclic) bond motifs is 1. The summed E-state index contributed by atoms with van der Waals surface area (Å²) in [7, 11) is 0. The maximum atomic E-state index is 9.36. The molecule has 0 unspecified atom stereocenters. The van der Waals surface area contributed by atoms with Gasteiger partial charge in [0.15, 0.2) is 11.5 Å². The molecule has 2 aromatic heterocycles. The molecular weight excluding hydrogens is 246 g/mol. The third-order valence-corrected chi connectivity index (χ3v) is 3.34. The van der Waals surface area contributed by atoms with E-state index in [1.54, 1.807) is 12.4 Å². The number of nitrogen functional groups attached to an aromatic ring is 1. The predicted molar refractivity (Wildman–Crippen MR) is 71.2 cm³/mol. The highest BCUT2D eigenvalue weighted by Crippen LogP contribution is 2.24. The lowest BCUT2D eigenvalue weighted by Crippen LogP contribution is -2.28. The normalized spacial score (nSPS) is 11.9. The number of aliphatic hydroxyl groups excluding tert-OH is 2. The van der Waals surface area contributed by atoms with Gasteiger partial charge in [0.1, 0.15) is 11.8 Å². The Hall–Kier alpha value is -1.99. The summed E-state index contributed by atoms with van der Waals surface area (Å²) in [6.45, 7) is 3.89. The van der Waals surface area contributed by atoms with Gasteiger partial charge in [0.05, 0.1) is 19.5 Å². The van der Waals surface area contributed by atoms with Crippen LogP contribution in [0.5, 0.6) is 0 Å². The molecule has 7 heteroatoms. The number of aromatic nitrogens is 4. The number of nitrogens with two attached hydrogens (primary N) is 1. The summed E-state index contributed by atoms with van der Waals surface area (Å²) in [5.74, 6) is 0.336. The molecular formula is C12H17N5O2. The largest absolute Gasteiger partial charge is 0.395 e. The van der Waals surface area contributed by atoms with Crippen LogP contribution >= 0.6 is 0 Å². The Morgan fingerprint density at radius 2 is 2.05 bits per heavy atom. The fourth-order valence-electron chi connectivity index (χ4n) is 1.84. The highest BCUT2D eigenvalue weighted by Gasteiger charge is 2.25. The quantitative estimate of drug-likeness (QED) is 0.630. The van der Waals surface area contributed by atoms with Gasteiger partial charge in [0, 0.05) is 12.0 Å². The molecule has 0 aliphatic carbocycles. The van der Waals surface area contributed by atoms with Crippen LogP contribution in [0.3, 0.4) is 0 Å². The van der Waals surface area contributed by atoms with E-state index in [1.165, 1.54) is 6.33 Å². The number of hydrogen-bond acceptors (Lipinski definition) is 6. The summed E-state index contributed by atoms with van der Waals surface area (Å²) < 4.78 is 1.82. The van der Waals surface area contributed by atoms with Crippen molar-refractivity contribution in [1.29, 1.82) is 0 Å². The van der Waals surface area contributed by atoms with Gasteiger partial charge in [-0.2, -0.15) is 0 Å². The number of imidazole rings is 1. The third kappa shape index (κ3) is 2.42. The summed E-state index contributed by atoms with van der Waals surface area (Å²) in [6, 6.07) is 0. The fourth-order valence-corrected chi connectivity index (χ4v) is 1.84. The zero-order valence-corrected chi connectivity index (χ0v) is 10.5. The second-order valence-electron chi connectivity index (χ2n) is 4.50. The van der Waals surface area contributed by atoms with Gasteiger partial charge >= 0.3 is 0 Å². The van der Waals surface area contributed by atoms with Crippen molar-refractivity contribution in [3.63, 3.8) is 0 Å². The molecule has 0 fully saturated rings. The van der Waals surface area contributed by atoms with Crippen molar-refractivity contribution in [3.8, 4) is 0 Å². The van der Waals surface area contributed by atoms with Crippen molar-refractivity contribution in [2.45, 2.75) is 13.0 Å². The maximum absolute atomic E-state index is 9.36. The number of anilines is 1. The summed E-state index contributed by atoms with van der Waals surface area (Å²) >= 11 is 0. The van der Waals surface area contributed by atoms with Gasteiger partial charge in [-0.1, -0.05) is 6.08 Å². The second kappa shape index (κ2) is 5.33. The van der Waals surface area contributed by atoms with E-state index in [0.29, 0.717) is 29.9 Å². The molecule has 0 radical (unpaired) electrons. The Balaban J connectivity index is 2.23. The lowest BCUT2D eigenvalue weighted by Gasteiger charge is -2.25. The zero-order valence-electron chi connectivity index (χ0n) is 10.5. The standard InChI is InChI=1S/C12H17N5O2/c1-2-12(5-18,6-19)3-4-17-8-16-9-10(13)14-7-15-11(9)17/h2,7-8,18-19H,1,3-6H2,(H2,13,14,15). The molecule has 0 saturated heterocycles. The van der Waals surface area contributed by atoms with Gasteiger partial charge < -0.3 is 20.5 Å². The third-order valence-electron chi connectivity index (χ3n) is 3.34. The Morgan fingerprint density at radius 1 is 1.32 bits per heavy atom. The Bertz CT molecular complexity index is 577. The fraction of sp³-hybridized carbons (Fsp3) is 0.417. The number of rotatable bonds is 6.